The van der Waals surface area contributed by atoms with E-state index in [0.29, 0.717) is 25.1 Å². The Morgan fingerprint density at radius 3 is 2.86 bits per heavy atom. The Labute approximate surface area is 130 Å². The van der Waals surface area contributed by atoms with Gasteiger partial charge in [0.25, 0.3) is 0 Å². The zero-order valence-electron chi connectivity index (χ0n) is 11.9. The van der Waals surface area contributed by atoms with Crippen LogP contribution in [-0.4, -0.2) is 31.6 Å². The molecule has 0 unspecified atom stereocenters. The van der Waals surface area contributed by atoms with Gasteiger partial charge >= 0.3 is 11.6 Å². The van der Waals surface area contributed by atoms with Gasteiger partial charge in [0.15, 0.2) is 0 Å². The van der Waals surface area contributed by atoms with Crippen LogP contribution in [0.15, 0.2) is 37.9 Å². The molecule has 2 aromatic rings. The molecule has 0 radical (unpaired) electrons. The van der Waals surface area contributed by atoms with Crippen molar-refractivity contribution >= 4 is 32.9 Å². The Hall–Kier alpha value is -1.66. The van der Waals surface area contributed by atoms with E-state index in [-0.39, 0.29) is 11.6 Å². The van der Waals surface area contributed by atoms with Crippen LogP contribution in [0.3, 0.4) is 0 Å². The zero-order valence-corrected chi connectivity index (χ0v) is 13.5. The second-order valence-electron chi connectivity index (χ2n) is 4.80. The van der Waals surface area contributed by atoms with Crippen LogP contribution in [0.4, 0.5) is 0 Å². The van der Waals surface area contributed by atoms with E-state index in [1.54, 1.807) is 6.07 Å². The number of nitrogens with zero attached hydrogens (tertiary/aromatic N) is 1. The normalized spacial score (nSPS) is 11.0. The summed E-state index contributed by atoms with van der Waals surface area (Å²) in [7, 11) is 3.26. The lowest BCUT2D eigenvalue weighted by molar-refractivity contribution is -0.140. The van der Waals surface area contributed by atoms with Crippen molar-refractivity contribution in [2.75, 3.05) is 20.7 Å². The molecule has 0 atom stereocenters. The van der Waals surface area contributed by atoms with Crippen molar-refractivity contribution in [1.82, 2.24) is 4.90 Å². The van der Waals surface area contributed by atoms with E-state index in [1.807, 2.05) is 24.1 Å². The number of carbonyl (C=O) groups is 1. The lowest BCUT2D eigenvalue weighted by Gasteiger charge is -2.16. The molecule has 0 fully saturated rings. The Morgan fingerprint density at radius 1 is 1.38 bits per heavy atom. The molecule has 2 rings (SSSR count). The number of hydrogen-bond acceptors (Lipinski definition) is 5. The van der Waals surface area contributed by atoms with Crippen LogP contribution in [0, 0.1) is 0 Å². The average molecular weight is 354 g/mol. The number of benzene rings is 1. The number of ether oxygens (including phenoxy) is 1. The highest BCUT2D eigenvalue weighted by Crippen LogP contribution is 2.22. The number of carbonyl (C=O) groups excluding carboxylic acids is 1. The van der Waals surface area contributed by atoms with Gasteiger partial charge < -0.3 is 14.1 Å². The topological polar surface area (TPSA) is 59.8 Å². The van der Waals surface area contributed by atoms with Gasteiger partial charge in [-0.2, -0.15) is 0 Å². The summed E-state index contributed by atoms with van der Waals surface area (Å²) < 4.78 is 10.7. The number of fused-ring (bicyclic) bond motifs is 1. The second kappa shape index (κ2) is 6.87. The number of esters is 1. The molecule has 1 heterocycles. The minimum absolute atomic E-state index is 0.247. The van der Waals surface area contributed by atoms with Gasteiger partial charge in [0.05, 0.1) is 13.5 Å². The first kappa shape index (κ1) is 15.7. The highest BCUT2D eigenvalue weighted by molar-refractivity contribution is 9.10. The molecule has 0 N–H and O–H groups in total. The molecule has 1 aromatic carbocycles. The molecule has 0 spiro atoms. The Bertz CT molecular complexity index is 710. The summed E-state index contributed by atoms with van der Waals surface area (Å²) in [6.07, 6.45) is 0.317. The van der Waals surface area contributed by atoms with E-state index in [0.717, 1.165) is 15.4 Å². The minimum atomic E-state index is -0.378. The number of methoxy groups -OCH3 is 1. The standard InChI is InChI=1S/C15H16BrNO4/c1-17(6-5-14(18)20-2)9-10-7-15(19)21-13-8-11(16)3-4-12(10)13/h3-4,7-8H,5-6,9H2,1-2H3. The zero-order chi connectivity index (χ0) is 15.4. The van der Waals surface area contributed by atoms with Gasteiger partial charge in [-0.1, -0.05) is 15.9 Å². The van der Waals surface area contributed by atoms with Crippen LogP contribution in [-0.2, 0) is 16.1 Å². The summed E-state index contributed by atoms with van der Waals surface area (Å²) in [6, 6.07) is 7.08. The van der Waals surface area contributed by atoms with E-state index < -0.39 is 0 Å². The fourth-order valence-corrected chi connectivity index (χ4v) is 2.43. The molecule has 0 aliphatic heterocycles. The molecule has 0 aliphatic carbocycles. The molecule has 0 aliphatic rings. The minimum Gasteiger partial charge on any atom is -0.469 e. The van der Waals surface area contributed by atoms with Gasteiger partial charge in [0.1, 0.15) is 5.58 Å². The summed E-state index contributed by atoms with van der Waals surface area (Å²) in [5.41, 5.74) is 1.05. The van der Waals surface area contributed by atoms with Gasteiger partial charge in [-0.25, -0.2) is 4.79 Å². The molecule has 0 amide bonds. The Balaban J connectivity index is 2.21. The highest BCUT2D eigenvalue weighted by Gasteiger charge is 2.10. The lowest BCUT2D eigenvalue weighted by atomic mass is 10.1. The molecule has 0 saturated carbocycles. The fraction of sp³-hybridized carbons (Fsp3) is 0.333. The molecule has 6 heteroatoms. The van der Waals surface area contributed by atoms with Gasteiger partial charge in [0.2, 0.25) is 0 Å². The van der Waals surface area contributed by atoms with Crippen molar-refractivity contribution in [2.45, 2.75) is 13.0 Å². The number of rotatable bonds is 5. The molecule has 0 saturated heterocycles. The highest BCUT2D eigenvalue weighted by atomic mass is 79.9. The van der Waals surface area contributed by atoms with Gasteiger partial charge in [-0.3, -0.25) is 4.79 Å². The third kappa shape index (κ3) is 4.15. The van der Waals surface area contributed by atoms with Crippen LogP contribution < -0.4 is 5.63 Å². The maximum atomic E-state index is 11.6. The lowest BCUT2D eigenvalue weighted by Crippen LogP contribution is -2.22. The third-order valence-corrected chi connectivity index (χ3v) is 3.65. The molecular weight excluding hydrogens is 338 g/mol. The monoisotopic (exact) mass is 353 g/mol. The van der Waals surface area contributed by atoms with Crippen molar-refractivity contribution in [3.63, 3.8) is 0 Å². The van der Waals surface area contributed by atoms with Crippen molar-refractivity contribution in [3.05, 3.63) is 44.7 Å². The first-order valence-corrected chi connectivity index (χ1v) is 7.26. The molecule has 5 nitrogen and oxygen atoms in total. The van der Waals surface area contributed by atoms with E-state index in [4.69, 9.17) is 4.42 Å². The predicted octanol–water partition coefficient (Wildman–Crippen LogP) is 2.55. The van der Waals surface area contributed by atoms with E-state index in [2.05, 4.69) is 20.7 Å². The molecule has 0 bridgehead atoms. The Kier molecular flexibility index (Phi) is 5.14. The maximum absolute atomic E-state index is 11.6. The van der Waals surface area contributed by atoms with E-state index in [1.165, 1.54) is 13.2 Å². The summed E-state index contributed by atoms with van der Waals surface area (Å²) in [5.74, 6) is -0.247. The summed E-state index contributed by atoms with van der Waals surface area (Å²) in [6.45, 7) is 1.12. The van der Waals surface area contributed by atoms with E-state index in [9.17, 15) is 9.59 Å². The molecule has 1 aromatic heterocycles. The average Bonchev–Trinajstić information content (AvgIpc) is 2.43. The van der Waals surface area contributed by atoms with Crippen molar-refractivity contribution in [1.29, 1.82) is 0 Å². The van der Waals surface area contributed by atoms with Gasteiger partial charge in [0, 0.05) is 29.0 Å². The molecular formula is C15H16BrNO4. The van der Waals surface area contributed by atoms with Crippen molar-refractivity contribution in [3.8, 4) is 0 Å². The van der Waals surface area contributed by atoms with E-state index >= 15 is 0 Å². The van der Waals surface area contributed by atoms with Gasteiger partial charge in [-0.05, 0) is 30.8 Å². The number of hydrogen-bond donors (Lipinski definition) is 0. The quantitative estimate of drug-likeness (QED) is 0.610. The van der Waals surface area contributed by atoms with Gasteiger partial charge in [-0.15, -0.1) is 0 Å². The van der Waals surface area contributed by atoms with Crippen molar-refractivity contribution in [2.24, 2.45) is 0 Å². The van der Waals surface area contributed by atoms with Crippen LogP contribution in [0.2, 0.25) is 0 Å². The first-order valence-electron chi connectivity index (χ1n) is 6.47. The van der Waals surface area contributed by atoms with Crippen LogP contribution in [0.5, 0.6) is 0 Å². The summed E-state index contributed by atoms with van der Waals surface area (Å²) >= 11 is 3.36. The largest absolute Gasteiger partial charge is 0.469 e. The van der Waals surface area contributed by atoms with Crippen LogP contribution in [0.25, 0.3) is 11.0 Å². The molecule has 21 heavy (non-hydrogen) atoms. The maximum Gasteiger partial charge on any atom is 0.336 e. The second-order valence-corrected chi connectivity index (χ2v) is 5.71. The summed E-state index contributed by atoms with van der Waals surface area (Å²) in [4.78, 5) is 24.8. The molecule has 112 valence electrons. The first-order chi connectivity index (χ1) is 9.99. The predicted molar refractivity (Wildman–Crippen MR) is 83.2 cm³/mol. The Morgan fingerprint density at radius 2 is 2.14 bits per heavy atom. The van der Waals surface area contributed by atoms with Crippen LogP contribution in [0.1, 0.15) is 12.0 Å². The third-order valence-electron chi connectivity index (χ3n) is 3.16. The fourth-order valence-electron chi connectivity index (χ4n) is 2.09. The summed E-state index contributed by atoms with van der Waals surface area (Å²) in [5, 5.41) is 0.891. The SMILES string of the molecule is COC(=O)CCN(C)Cc1cc(=O)oc2cc(Br)ccc12. The van der Waals surface area contributed by atoms with Crippen molar-refractivity contribution < 1.29 is 13.9 Å². The number of halogens is 1. The smallest absolute Gasteiger partial charge is 0.336 e. The van der Waals surface area contributed by atoms with Crippen LogP contribution >= 0.6 is 15.9 Å².